The smallest absolute Gasteiger partial charge is 0.248 e. The third-order valence-corrected chi connectivity index (χ3v) is 6.34. The van der Waals surface area contributed by atoms with Crippen LogP contribution in [-0.2, 0) is 15.6 Å². The Morgan fingerprint density at radius 1 is 1.17 bits per heavy atom. The normalized spacial score (nSPS) is 25.2. The van der Waals surface area contributed by atoms with Crippen LogP contribution < -0.4 is 5.73 Å². The van der Waals surface area contributed by atoms with Crippen LogP contribution in [0.2, 0.25) is 0 Å². The third kappa shape index (κ3) is 5.65. The quantitative estimate of drug-likeness (QED) is 0.866. The molecule has 0 heterocycles. The van der Waals surface area contributed by atoms with E-state index in [2.05, 4.69) is 13.8 Å². The Morgan fingerprint density at radius 2 is 1.83 bits per heavy atom. The fraction of sp³-hybridized carbons (Fsp3) is 0.611. The monoisotopic (exact) mass is 337 g/mol. The van der Waals surface area contributed by atoms with Crippen molar-refractivity contribution in [3.05, 3.63) is 35.4 Å². The summed E-state index contributed by atoms with van der Waals surface area (Å²) < 4.78 is 24.7. The lowest BCUT2D eigenvalue weighted by Gasteiger charge is -2.31. The molecule has 2 N–H and O–H groups in total. The van der Waals surface area contributed by atoms with Crippen molar-refractivity contribution < 1.29 is 13.2 Å². The van der Waals surface area contributed by atoms with Crippen LogP contribution in [0.4, 0.5) is 0 Å². The summed E-state index contributed by atoms with van der Waals surface area (Å²) in [7, 11) is -3.16. The predicted octanol–water partition coefficient (Wildman–Crippen LogP) is 3.16. The van der Waals surface area contributed by atoms with Gasteiger partial charge in [-0.05, 0) is 61.1 Å². The predicted molar refractivity (Wildman–Crippen MR) is 92.7 cm³/mol. The summed E-state index contributed by atoms with van der Waals surface area (Å²) in [4.78, 5) is 11.2. The molecule has 0 aromatic heterocycles. The lowest BCUT2D eigenvalue weighted by Crippen LogP contribution is -2.22. The molecule has 0 saturated heterocycles. The van der Waals surface area contributed by atoms with Crippen molar-refractivity contribution in [2.24, 2.45) is 23.5 Å². The van der Waals surface area contributed by atoms with Gasteiger partial charge in [0.2, 0.25) is 5.91 Å². The van der Waals surface area contributed by atoms with Gasteiger partial charge in [0.25, 0.3) is 0 Å². The number of sulfone groups is 1. The SMILES string of the molecule is C[C@@H]1CC(CCS(=O)(=O)Cc2cccc(C(N)=O)c2)C[C@H](C)C1. The summed E-state index contributed by atoms with van der Waals surface area (Å²) in [6.45, 7) is 4.51. The van der Waals surface area contributed by atoms with E-state index in [0.717, 1.165) is 19.3 Å². The molecular weight excluding hydrogens is 310 g/mol. The maximum Gasteiger partial charge on any atom is 0.248 e. The van der Waals surface area contributed by atoms with E-state index in [1.807, 2.05) is 0 Å². The highest BCUT2D eigenvalue weighted by molar-refractivity contribution is 7.90. The molecule has 1 aromatic carbocycles. The minimum atomic E-state index is -3.16. The number of carbonyl (C=O) groups excluding carboxylic acids is 1. The lowest BCUT2D eigenvalue weighted by molar-refractivity contribution is 0.1000. The second-order valence-corrected chi connectivity index (χ2v) is 9.41. The van der Waals surface area contributed by atoms with E-state index < -0.39 is 15.7 Å². The van der Waals surface area contributed by atoms with Crippen molar-refractivity contribution in [1.82, 2.24) is 0 Å². The van der Waals surface area contributed by atoms with E-state index in [0.29, 0.717) is 28.9 Å². The van der Waals surface area contributed by atoms with Crippen molar-refractivity contribution in [1.29, 1.82) is 0 Å². The number of amides is 1. The highest BCUT2D eigenvalue weighted by atomic mass is 32.2. The van der Waals surface area contributed by atoms with Crippen molar-refractivity contribution in [2.45, 2.75) is 45.3 Å². The summed E-state index contributed by atoms with van der Waals surface area (Å²) >= 11 is 0. The zero-order chi connectivity index (χ0) is 17.0. The first-order chi connectivity index (χ1) is 10.7. The first kappa shape index (κ1) is 18.0. The maximum atomic E-state index is 12.4. The highest BCUT2D eigenvalue weighted by Gasteiger charge is 2.25. The van der Waals surface area contributed by atoms with Crippen LogP contribution in [0.3, 0.4) is 0 Å². The van der Waals surface area contributed by atoms with E-state index in [9.17, 15) is 13.2 Å². The topological polar surface area (TPSA) is 77.2 Å². The molecule has 5 heteroatoms. The van der Waals surface area contributed by atoms with Gasteiger partial charge in [0.05, 0.1) is 11.5 Å². The molecule has 1 fully saturated rings. The van der Waals surface area contributed by atoms with Crippen LogP contribution in [-0.4, -0.2) is 20.1 Å². The molecule has 1 unspecified atom stereocenters. The molecular formula is C18H27NO3S. The minimum Gasteiger partial charge on any atom is -0.366 e. The van der Waals surface area contributed by atoms with Gasteiger partial charge in [0.15, 0.2) is 9.84 Å². The molecule has 3 atom stereocenters. The largest absolute Gasteiger partial charge is 0.366 e. The number of hydrogen-bond acceptors (Lipinski definition) is 3. The standard InChI is InChI=1S/C18H27NO3S/c1-13-8-14(2)10-15(9-13)6-7-23(21,22)12-16-4-3-5-17(11-16)18(19)20/h3-5,11,13-15H,6-10,12H2,1-2H3,(H2,19,20)/t13-,14+,15?. The second kappa shape index (κ2) is 7.47. The molecule has 0 spiro atoms. The lowest BCUT2D eigenvalue weighted by atomic mass is 9.76. The molecule has 1 aromatic rings. The molecule has 128 valence electrons. The van der Waals surface area contributed by atoms with Crippen LogP contribution >= 0.6 is 0 Å². The fourth-order valence-electron chi connectivity index (χ4n) is 3.84. The summed E-state index contributed by atoms with van der Waals surface area (Å²) in [6, 6.07) is 6.58. The van der Waals surface area contributed by atoms with Gasteiger partial charge >= 0.3 is 0 Å². The van der Waals surface area contributed by atoms with Gasteiger partial charge in [-0.2, -0.15) is 0 Å². The average Bonchev–Trinajstić information content (AvgIpc) is 2.44. The Balaban J connectivity index is 1.94. The molecule has 0 bridgehead atoms. The van der Waals surface area contributed by atoms with Gasteiger partial charge in [-0.3, -0.25) is 4.79 Å². The molecule has 4 nitrogen and oxygen atoms in total. The molecule has 1 saturated carbocycles. The number of rotatable bonds is 6. The van der Waals surface area contributed by atoms with Crippen LogP contribution in [0, 0.1) is 17.8 Å². The highest BCUT2D eigenvalue weighted by Crippen LogP contribution is 2.34. The number of benzene rings is 1. The van der Waals surface area contributed by atoms with Crippen LogP contribution in [0.1, 0.15) is 55.5 Å². The number of hydrogen-bond donors (Lipinski definition) is 1. The van der Waals surface area contributed by atoms with Crippen molar-refractivity contribution in [3.63, 3.8) is 0 Å². The Morgan fingerprint density at radius 3 is 2.43 bits per heavy atom. The Kier molecular flexibility index (Phi) is 5.84. The fourth-order valence-corrected chi connectivity index (χ4v) is 5.36. The third-order valence-electron chi connectivity index (χ3n) is 4.71. The average molecular weight is 337 g/mol. The van der Waals surface area contributed by atoms with Crippen LogP contribution in [0.15, 0.2) is 24.3 Å². The molecule has 1 aliphatic rings. The molecule has 1 aliphatic carbocycles. The van der Waals surface area contributed by atoms with Crippen molar-refractivity contribution in [2.75, 3.05) is 5.75 Å². The summed E-state index contributed by atoms with van der Waals surface area (Å²) in [5.74, 6) is 1.57. The summed E-state index contributed by atoms with van der Waals surface area (Å²) in [6.07, 6.45) is 4.27. The molecule has 23 heavy (non-hydrogen) atoms. The Labute approximate surface area is 139 Å². The molecule has 0 radical (unpaired) electrons. The molecule has 1 amide bonds. The Bertz CT molecular complexity index is 644. The van der Waals surface area contributed by atoms with E-state index >= 15 is 0 Å². The van der Waals surface area contributed by atoms with Gasteiger partial charge in [-0.25, -0.2) is 8.42 Å². The number of carbonyl (C=O) groups is 1. The van der Waals surface area contributed by atoms with Gasteiger partial charge < -0.3 is 5.73 Å². The number of primary amides is 1. The second-order valence-electron chi connectivity index (χ2n) is 7.23. The van der Waals surface area contributed by atoms with E-state index in [1.54, 1.807) is 24.3 Å². The van der Waals surface area contributed by atoms with Gasteiger partial charge in [-0.15, -0.1) is 0 Å². The van der Waals surface area contributed by atoms with Crippen LogP contribution in [0.5, 0.6) is 0 Å². The van der Waals surface area contributed by atoms with E-state index in [-0.39, 0.29) is 11.5 Å². The van der Waals surface area contributed by atoms with Gasteiger partial charge in [-0.1, -0.05) is 26.0 Å². The van der Waals surface area contributed by atoms with Crippen molar-refractivity contribution in [3.8, 4) is 0 Å². The minimum absolute atomic E-state index is 0.0219. The Hall–Kier alpha value is -1.36. The van der Waals surface area contributed by atoms with Crippen molar-refractivity contribution >= 4 is 15.7 Å². The maximum absolute atomic E-state index is 12.4. The van der Waals surface area contributed by atoms with Crippen LogP contribution in [0.25, 0.3) is 0 Å². The van der Waals surface area contributed by atoms with Gasteiger partial charge in [0, 0.05) is 5.56 Å². The zero-order valence-corrected chi connectivity index (χ0v) is 14.8. The van der Waals surface area contributed by atoms with E-state index in [1.165, 1.54) is 6.42 Å². The summed E-state index contributed by atoms with van der Waals surface area (Å²) in [5, 5.41) is 0. The summed E-state index contributed by atoms with van der Waals surface area (Å²) in [5.41, 5.74) is 6.23. The zero-order valence-electron chi connectivity index (χ0n) is 14.0. The molecule has 0 aliphatic heterocycles. The molecule has 2 rings (SSSR count). The van der Waals surface area contributed by atoms with E-state index in [4.69, 9.17) is 5.73 Å². The first-order valence-electron chi connectivity index (χ1n) is 8.34. The number of nitrogens with two attached hydrogens (primary N) is 1. The van der Waals surface area contributed by atoms with Gasteiger partial charge in [0.1, 0.15) is 0 Å². The first-order valence-corrected chi connectivity index (χ1v) is 10.2.